The number of nitrogens with one attached hydrogen (secondary N) is 1. The minimum Gasteiger partial charge on any atom is -0.385 e. The van der Waals surface area contributed by atoms with Crippen LogP contribution in [0.2, 0.25) is 0 Å². The number of fused-ring (bicyclic) bond motifs is 1. The van der Waals surface area contributed by atoms with Gasteiger partial charge in [0.2, 0.25) is 0 Å². The Morgan fingerprint density at radius 1 is 1.27 bits per heavy atom. The Morgan fingerprint density at radius 3 is 2.91 bits per heavy atom. The van der Waals surface area contributed by atoms with E-state index in [0.717, 1.165) is 6.54 Å². The normalized spacial score (nSPS) is 14.8. The minimum atomic E-state index is 0.961. The van der Waals surface area contributed by atoms with Gasteiger partial charge in [-0.3, -0.25) is 0 Å². The van der Waals surface area contributed by atoms with Gasteiger partial charge in [-0.1, -0.05) is 30.3 Å². The summed E-state index contributed by atoms with van der Waals surface area (Å²) >= 11 is 0. The van der Waals surface area contributed by atoms with Gasteiger partial charge in [-0.25, -0.2) is 0 Å². The highest BCUT2D eigenvalue weighted by Crippen LogP contribution is 1.85. The third-order valence-corrected chi connectivity index (χ3v) is 2.05. The van der Waals surface area contributed by atoms with Crippen molar-refractivity contribution in [3.05, 3.63) is 34.7 Å². The second-order valence-corrected chi connectivity index (χ2v) is 2.80. The Labute approximate surface area is 66.1 Å². The molecule has 0 aliphatic carbocycles. The predicted molar refractivity (Wildman–Crippen MR) is 47.2 cm³/mol. The number of rotatable bonds is 0. The molecule has 0 fully saturated rings. The van der Waals surface area contributed by atoms with Crippen LogP contribution < -0.4 is 15.8 Å². The van der Waals surface area contributed by atoms with Crippen LogP contribution in [0.15, 0.2) is 24.3 Å². The molecule has 0 saturated heterocycles. The Morgan fingerprint density at radius 2 is 2.09 bits per heavy atom. The first-order valence-corrected chi connectivity index (χ1v) is 3.88. The molecular formula is C10H11N. The largest absolute Gasteiger partial charge is 0.385 e. The van der Waals surface area contributed by atoms with Gasteiger partial charge in [0.1, 0.15) is 0 Å². The van der Waals surface area contributed by atoms with Crippen molar-refractivity contribution in [2.45, 2.75) is 6.92 Å². The van der Waals surface area contributed by atoms with Crippen molar-refractivity contribution in [2.75, 3.05) is 6.54 Å². The number of hydrogen-bond acceptors (Lipinski definition) is 1. The fraction of sp³-hybridized carbons (Fsp3) is 0.200. The smallest absolute Gasteiger partial charge is 0.0336 e. The first kappa shape index (κ1) is 6.47. The second kappa shape index (κ2) is 2.42. The van der Waals surface area contributed by atoms with Crippen molar-refractivity contribution in [1.29, 1.82) is 0 Å². The van der Waals surface area contributed by atoms with Crippen molar-refractivity contribution in [1.82, 2.24) is 5.32 Å². The molecule has 2 rings (SSSR count). The maximum Gasteiger partial charge on any atom is 0.0336 e. The van der Waals surface area contributed by atoms with Gasteiger partial charge >= 0.3 is 0 Å². The summed E-state index contributed by atoms with van der Waals surface area (Å²) in [4.78, 5) is 0. The van der Waals surface area contributed by atoms with E-state index in [1.165, 1.54) is 16.1 Å². The van der Waals surface area contributed by atoms with E-state index in [2.05, 4.69) is 42.6 Å². The molecule has 0 saturated carbocycles. The molecule has 1 heterocycles. The summed E-state index contributed by atoms with van der Waals surface area (Å²) in [5.41, 5.74) is 1.28. The molecule has 0 aromatic heterocycles. The molecular weight excluding hydrogens is 134 g/mol. The summed E-state index contributed by atoms with van der Waals surface area (Å²) in [6, 6.07) is 8.45. The molecule has 1 heteroatoms. The maximum absolute atomic E-state index is 3.30. The molecule has 1 aliphatic rings. The summed E-state index contributed by atoms with van der Waals surface area (Å²) in [5, 5.41) is 5.98. The fourth-order valence-corrected chi connectivity index (χ4v) is 1.43. The SMILES string of the molecule is CC1=c2ccccc2=CCN1. The molecule has 0 radical (unpaired) electrons. The molecule has 1 aliphatic heterocycles. The molecule has 0 atom stereocenters. The van der Waals surface area contributed by atoms with E-state index in [1.807, 2.05) is 0 Å². The zero-order valence-corrected chi connectivity index (χ0v) is 6.59. The Bertz CT molecular complexity index is 376. The van der Waals surface area contributed by atoms with Crippen LogP contribution in [0.1, 0.15) is 6.92 Å². The van der Waals surface area contributed by atoms with Crippen LogP contribution in [0.25, 0.3) is 11.8 Å². The van der Waals surface area contributed by atoms with E-state index in [4.69, 9.17) is 0 Å². The quantitative estimate of drug-likeness (QED) is 0.550. The average Bonchev–Trinajstić information content (AvgIpc) is 2.06. The highest BCUT2D eigenvalue weighted by Gasteiger charge is 1.95. The summed E-state index contributed by atoms with van der Waals surface area (Å²) in [6.45, 7) is 3.08. The third kappa shape index (κ3) is 1.03. The van der Waals surface area contributed by atoms with E-state index in [9.17, 15) is 0 Å². The van der Waals surface area contributed by atoms with Gasteiger partial charge in [0.15, 0.2) is 0 Å². The zero-order chi connectivity index (χ0) is 7.68. The molecule has 0 amide bonds. The van der Waals surface area contributed by atoms with Gasteiger partial charge in [-0.2, -0.15) is 0 Å². The van der Waals surface area contributed by atoms with E-state index in [-0.39, 0.29) is 0 Å². The van der Waals surface area contributed by atoms with Crippen LogP contribution >= 0.6 is 0 Å². The van der Waals surface area contributed by atoms with Crippen molar-refractivity contribution < 1.29 is 0 Å². The Hall–Kier alpha value is -1.24. The highest BCUT2D eigenvalue weighted by atomic mass is 14.9. The first-order valence-electron chi connectivity index (χ1n) is 3.88. The van der Waals surface area contributed by atoms with E-state index in [1.54, 1.807) is 0 Å². The van der Waals surface area contributed by atoms with Crippen LogP contribution in [0.3, 0.4) is 0 Å². The molecule has 0 unspecified atom stereocenters. The number of hydrogen-bond donors (Lipinski definition) is 1. The van der Waals surface area contributed by atoms with Crippen LogP contribution in [0, 0.1) is 0 Å². The predicted octanol–water partition coefficient (Wildman–Crippen LogP) is 0.198. The van der Waals surface area contributed by atoms with Gasteiger partial charge in [0.05, 0.1) is 0 Å². The Balaban J connectivity index is 2.89. The molecule has 56 valence electrons. The van der Waals surface area contributed by atoms with Gasteiger partial charge in [0, 0.05) is 17.5 Å². The van der Waals surface area contributed by atoms with Gasteiger partial charge < -0.3 is 5.32 Å². The van der Waals surface area contributed by atoms with E-state index < -0.39 is 0 Å². The van der Waals surface area contributed by atoms with E-state index >= 15 is 0 Å². The summed E-state index contributed by atoms with van der Waals surface area (Å²) in [6.07, 6.45) is 2.21. The number of benzene rings is 1. The summed E-state index contributed by atoms with van der Waals surface area (Å²) in [7, 11) is 0. The van der Waals surface area contributed by atoms with Gasteiger partial charge in [-0.05, 0) is 12.1 Å². The zero-order valence-electron chi connectivity index (χ0n) is 6.59. The van der Waals surface area contributed by atoms with Crippen LogP contribution in [0.4, 0.5) is 0 Å². The topological polar surface area (TPSA) is 12.0 Å². The third-order valence-electron chi connectivity index (χ3n) is 2.05. The van der Waals surface area contributed by atoms with E-state index in [0.29, 0.717) is 0 Å². The highest BCUT2D eigenvalue weighted by molar-refractivity contribution is 5.47. The lowest BCUT2D eigenvalue weighted by atomic mass is 10.1. The van der Waals surface area contributed by atoms with Crippen LogP contribution in [-0.2, 0) is 0 Å². The monoisotopic (exact) mass is 145 g/mol. The van der Waals surface area contributed by atoms with Crippen LogP contribution in [-0.4, -0.2) is 6.54 Å². The summed E-state index contributed by atoms with van der Waals surface area (Å²) in [5.74, 6) is 0. The summed E-state index contributed by atoms with van der Waals surface area (Å²) < 4.78 is 0. The van der Waals surface area contributed by atoms with Gasteiger partial charge in [-0.15, -0.1) is 0 Å². The maximum atomic E-state index is 3.30. The van der Waals surface area contributed by atoms with Gasteiger partial charge in [0.25, 0.3) is 0 Å². The molecule has 1 aromatic carbocycles. The van der Waals surface area contributed by atoms with Crippen molar-refractivity contribution in [3.63, 3.8) is 0 Å². The van der Waals surface area contributed by atoms with Crippen LogP contribution in [0.5, 0.6) is 0 Å². The molecule has 1 aromatic rings. The second-order valence-electron chi connectivity index (χ2n) is 2.80. The standard InChI is InChI=1S/C10H11N/c1-8-10-5-3-2-4-9(10)6-7-11-8/h2-6,11H,7H2,1H3. The lowest BCUT2D eigenvalue weighted by Gasteiger charge is -2.08. The molecule has 11 heavy (non-hydrogen) atoms. The lowest BCUT2D eigenvalue weighted by molar-refractivity contribution is 0.997. The van der Waals surface area contributed by atoms with Crippen molar-refractivity contribution >= 4 is 11.8 Å². The van der Waals surface area contributed by atoms with Crippen molar-refractivity contribution in [3.8, 4) is 0 Å². The van der Waals surface area contributed by atoms with Crippen molar-refractivity contribution in [2.24, 2.45) is 0 Å². The lowest BCUT2D eigenvalue weighted by Crippen LogP contribution is -2.35. The molecule has 0 spiro atoms. The molecule has 0 bridgehead atoms. The minimum absolute atomic E-state index is 0.961. The Kier molecular flexibility index (Phi) is 1.42. The first-order chi connectivity index (χ1) is 5.38. The molecule has 1 N–H and O–H groups in total. The fourth-order valence-electron chi connectivity index (χ4n) is 1.43. The molecule has 1 nitrogen and oxygen atoms in total. The average molecular weight is 145 g/mol.